The minimum Gasteiger partial charge on any atom is -0.377 e. The Morgan fingerprint density at radius 3 is 2.37 bits per heavy atom. The molecule has 0 radical (unpaired) electrons. The number of halogens is 2. The van der Waals surface area contributed by atoms with Crippen molar-refractivity contribution in [3.63, 3.8) is 0 Å². The van der Waals surface area contributed by atoms with E-state index < -0.39 is 6.04 Å². The fraction of sp³-hybridized carbons (Fsp3) is 0.118. The Bertz CT molecular complexity index is 1810. The maximum Gasteiger partial charge on any atom is 0.123 e. The minimum absolute atomic E-state index is 0.0239. The average Bonchev–Trinajstić information content (AvgIpc) is 3.54. The number of nitrogens with zero attached hydrogens (tertiary/aromatic N) is 3. The van der Waals surface area contributed by atoms with Gasteiger partial charge in [0, 0.05) is 23.5 Å². The van der Waals surface area contributed by atoms with Gasteiger partial charge in [-0.25, -0.2) is 4.39 Å². The van der Waals surface area contributed by atoms with Crippen molar-refractivity contribution in [2.75, 3.05) is 15.6 Å². The van der Waals surface area contributed by atoms with Gasteiger partial charge in [0.05, 0.1) is 45.3 Å². The molecule has 0 spiro atoms. The first kappa shape index (κ1) is 28.0. The molecule has 2 atom stereocenters. The van der Waals surface area contributed by atoms with Crippen molar-refractivity contribution in [3.05, 3.63) is 143 Å². The molecule has 0 unspecified atom stereocenters. The van der Waals surface area contributed by atoms with Gasteiger partial charge in [0.15, 0.2) is 0 Å². The summed E-state index contributed by atoms with van der Waals surface area (Å²) in [6.45, 7) is 2.10. The first-order valence-corrected chi connectivity index (χ1v) is 14.4. The van der Waals surface area contributed by atoms with Gasteiger partial charge in [-0.1, -0.05) is 79.2 Å². The van der Waals surface area contributed by atoms with Gasteiger partial charge in [-0.05, 0) is 53.9 Å². The highest BCUT2D eigenvalue weighted by atomic mass is 35.5. The monoisotopic (exact) mass is 589 g/mol. The zero-order valence-electron chi connectivity index (χ0n) is 23.4. The van der Waals surface area contributed by atoms with E-state index in [4.69, 9.17) is 11.6 Å². The number of para-hydroxylation sites is 1. The SMILES string of the molecule is CC[C@@H](Nc1c(C#N)cnc2c(Cl)cc(N[C@H](C3=CN(c4ccccc4)NN3)c3ccc(F)cc3)cc12)c1ccccc1. The fourth-order valence-electron chi connectivity index (χ4n) is 5.23. The van der Waals surface area contributed by atoms with Crippen LogP contribution in [0.5, 0.6) is 0 Å². The maximum absolute atomic E-state index is 13.9. The van der Waals surface area contributed by atoms with Gasteiger partial charge in [-0.2, -0.15) is 5.26 Å². The first-order chi connectivity index (χ1) is 21.0. The van der Waals surface area contributed by atoms with E-state index in [-0.39, 0.29) is 11.9 Å². The Kier molecular flexibility index (Phi) is 8.09. The van der Waals surface area contributed by atoms with Crippen LogP contribution in [-0.2, 0) is 0 Å². The summed E-state index contributed by atoms with van der Waals surface area (Å²) < 4.78 is 13.9. The molecule has 4 N–H and O–H groups in total. The maximum atomic E-state index is 13.9. The molecule has 7 nitrogen and oxygen atoms in total. The van der Waals surface area contributed by atoms with Crippen LogP contribution in [0.4, 0.5) is 21.5 Å². The van der Waals surface area contributed by atoms with Crippen molar-refractivity contribution < 1.29 is 4.39 Å². The predicted octanol–water partition coefficient (Wildman–Crippen LogP) is 7.99. The van der Waals surface area contributed by atoms with Gasteiger partial charge in [-0.15, -0.1) is 5.53 Å². The number of hydrogen-bond acceptors (Lipinski definition) is 7. The largest absolute Gasteiger partial charge is 0.377 e. The van der Waals surface area contributed by atoms with E-state index in [1.54, 1.807) is 18.3 Å². The van der Waals surface area contributed by atoms with Crippen LogP contribution in [0.3, 0.4) is 0 Å². The highest BCUT2D eigenvalue weighted by molar-refractivity contribution is 6.35. The van der Waals surface area contributed by atoms with Gasteiger partial charge in [-0.3, -0.25) is 9.99 Å². The van der Waals surface area contributed by atoms with Gasteiger partial charge in [0.25, 0.3) is 0 Å². The number of anilines is 3. The van der Waals surface area contributed by atoms with Crippen molar-refractivity contribution >= 4 is 39.6 Å². The summed E-state index contributed by atoms with van der Waals surface area (Å²) in [6.07, 6.45) is 4.31. The molecule has 4 aromatic carbocycles. The van der Waals surface area contributed by atoms with Crippen molar-refractivity contribution in [1.82, 2.24) is 15.9 Å². The van der Waals surface area contributed by atoms with Crippen LogP contribution in [0.2, 0.25) is 5.02 Å². The number of benzene rings is 4. The molecule has 0 saturated heterocycles. The Morgan fingerprint density at radius 2 is 1.67 bits per heavy atom. The van der Waals surface area contributed by atoms with Gasteiger partial charge in [0.2, 0.25) is 0 Å². The molecule has 0 saturated carbocycles. The van der Waals surface area contributed by atoms with Crippen LogP contribution in [-0.4, -0.2) is 4.98 Å². The van der Waals surface area contributed by atoms with Crippen LogP contribution >= 0.6 is 11.6 Å². The number of rotatable bonds is 9. The van der Waals surface area contributed by atoms with E-state index >= 15 is 0 Å². The second-order valence-electron chi connectivity index (χ2n) is 10.2. The molecule has 0 fully saturated rings. The summed E-state index contributed by atoms with van der Waals surface area (Å²) in [4.78, 5) is 4.52. The average molecular weight is 590 g/mol. The van der Waals surface area contributed by atoms with Crippen LogP contribution < -0.4 is 26.6 Å². The number of nitriles is 1. The molecule has 0 aliphatic carbocycles. The minimum atomic E-state index is -0.397. The number of hydrazine groups is 2. The van der Waals surface area contributed by atoms with Gasteiger partial charge < -0.3 is 16.1 Å². The summed E-state index contributed by atoms with van der Waals surface area (Å²) in [5.41, 5.74) is 12.5. The third kappa shape index (κ3) is 5.95. The second-order valence-corrected chi connectivity index (χ2v) is 10.6. The van der Waals surface area contributed by atoms with Crippen LogP contribution in [0.15, 0.2) is 115 Å². The van der Waals surface area contributed by atoms with Crippen LogP contribution in [0.1, 0.15) is 42.1 Å². The van der Waals surface area contributed by atoms with E-state index in [2.05, 4.69) is 51.7 Å². The van der Waals surface area contributed by atoms with Crippen LogP contribution in [0, 0.1) is 17.1 Å². The molecule has 0 bridgehead atoms. The molecule has 1 aromatic heterocycles. The highest BCUT2D eigenvalue weighted by Crippen LogP contribution is 2.37. The lowest BCUT2D eigenvalue weighted by atomic mass is 10.0. The highest BCUT2D eigenvalue weighted by Gasteiger charge is 2.24. The first-order valence-electron chi connectivity index (χ1n) is 14.0. The van der Waals surface area contributed by atoms with E-state index in [1.807, 2.05) is 71.9 Å². The molecule has 1 aliphatic rings. The molecule has 6 rings (SSSR count). The summed E-state index contributed by atoms with van der Waals surface area (Å²) in [7, 11) is 0. The normalized spacial score (nSPS) is 14.0. The Morgan fingerprint density at radius 1 is 0.953 bits per heavy atom. The summed E-state index contributed by atoms with van der Waals surface area (Å²) in [5, 5.41) is 20.2. The Balaban J connectivity index is 1.41. The molecule has 0 amide bonds. The lowest BCUT2D eigenvalue weighted by Gasteiger charge is -2.23. The van der Waals surface area contributed by atoms with Crippen molar-refractivity contribution in [2.24, 2.45) is 0 Å². The quantitative estimate of drug-likeness (QED) is 0.139. The van der Waals surface area contributed by atoms with Crippen molar-refractivity contribution in [2.45, 2.75) is 25.4 Å². The molecule has 9 heteroatoms. The summed E-state index contributed by atoms with van der Waals surface area (Å²) >= 11 is 6.82. The standard InChI is InChI=1S/C34H29ClFN7/c1-2-30(22-9-5-3-6-10-22)40-32-24(19-37)20-38-34-28(32)17-26(18-29(34)35)39-33(23-13-15-25(36)16-14-23)31-21-43(42-41-31)27-11-7-4-8-12-27/h3-18,20-21,30,33,39,41-42H,2H2,1H3,(H,38,40)/t30-,33+/m1/s1. The van der Waals surface area contributed by atoms with Gasteiger partial charge in [0.1, 0.15) is 11.9 Å². The number of aromatic nitrogens is 1. The Hall–Kier alpha value is -5.10. The number of fused-ring (bicyclic) bond motifs is 1. The molecule has 5 aromatic rings. The molecular weight excluding hydrogens is 561 g/mol. The van der Waals surface area contributed by atoms with E-state index in [0.29, 0.717) is 27.5 Å². The molecular formula is C34H29ClFN7. The lowest BCUT2D eigenvalue weighted by molar-refractivity contribution is 0.621. The van der Waals surface area contributed by atoms with E-state index in [9.17, 15) is 9.65 Å². The molecule has 2 heterocycles. The molecule has 214 valence electrons. The van der Waals surface area contributed by atoms with E-state index in [0.717, 1.165) is 34.3 Å². The Labute approximate surface area is 254 Å². The third-order valence-electron chi connectivity index (χ3n) is 7.42. The summed E-state index contributed by atoms with van der Waals surface area (Å²) in [6, 6.07) is 32.0. The van der Waals surface area contributed by atoms with E-state index in [1.165, 1.54) is 12.1 Å². The number of pyridine rings is 1. The zero-order valence-corrected chi connectivity index (χ0v) is 24.1. The summed E-state index contributed by atoms with van der Waals surface area (Å²) in [5.74, 6) is -0.316. The molecule has 43 heavy (non-hydrogen) atoms. The lowest BCUT2D eigenvalue weighted by Crippen LogP contribution is -2.37. The number of nitrogens with one attached hydrogen (secondary N) is 4. The zero-order chi connectivity index (χ0) is 29.8. The third-order valence-corrected chi connectivity index (χ3v) is 7.71. The molecule has 1 aliphatic heterocycles. The van der Waals surface area contributed by atoms with Gasteiger partial charge >= 0.3 is 0 Å². The van der Waals surface area contributed by atoms with Crippen molar-refractivity contribution in [3.8, 4) is 6.07 Å². The predicted molar refractivity (Wildman–Crippen MR) is 171 cm³/mol. The number of hydrogen-bond donors (Lipinski definition) is 4. The topological polar surface area (TPSA) is 88.0 Å². The van der Waals surface area contributed by atoms with Crippen LogP contribution in [0.25, 0.3) is 10.9 Å². The smallest absolute Gasteiger partial charge is 0.123 e. The van der Waals surface area contributed by atoms with Crippen molar-refractivity contribution in [1.29, 1.82) is 5.26 Å². The fourth-order valence-corrected chi connectivity index (χ4v) is 5.50. The second kappa shape index (κ2) is 12.4.